The molecule has 0 radical (unpaired) electrons. The molecule has 2 heteroatoms. The van der Waals surface area contributed by atoms with Gasteiger partial charge in [-0.3, -0.25) is 4.79 Å². The predicted molar refractivity (Wildman–Crippen MR) is 47.8 cm³/mol. The van der Waals surface area contributed by atoms with Gasteiger partial charge in [-0.15, -0.1) is 0 Å². The van der Waals surface area contributed by atoms with E-state index in [2.05, 4.69) is 13.0 Å². The molecule has 0 spiro atoms. The fourth-order valence-electron chi connectivity index (χ4n) is 1.08. The Morgan fingerprint density at radius 3 is 2.92 bits per heavy atom. The summed E-state index contributed by atoms with van der Waals surface area (Å²) in [5.74, 6) is -0.0607. The van der Waals surface area contributed by atoms with E-state index in [-0.39, 0.29) is 5.97 Å². The third kappa shape index (κ3) is 3.07. The molecule has 68 valence electrons. The van der Waals surface area contributed by atoms with E-state index in [0.717, 1.165) is 25.7 Å². The zero-order valence-electron chi connectivity index (χ0n) is 7.64. The fourth-order valence-corrected chi connectivity index (χ4v) is 1.08. The second-order valence-electron chi connectivity index (χ2n) is 3.15. The van der Waals surface area contributed by atoms with Gasteiger partial charge in [0.15, 0.2) is 0 Å². The Morgan fingerprint density at radius 2 is 2.42 bits per heavy atom. The van der Waals surface area contributed by atoms with E-state index in [9.17, 15) is 4.79 Å². The molecule has 0 unspecified atom stereocenters. The molecule has 1 rings (SSSR count). The number of ether oxygens (including phenoxy) is 1. The molecule has 0 aromatic rings. The predicted octanol–water partition coefficient (Wildman–Crippen LogP) is 2.44. The lowest BCUT2D eigenvalue weighted by atomic mass is 9.96. The summed E-state index contributed by atoms with van der Waals surface area (Å²) < 4.78 is 5.01. The maximum Gasteiger partial charge on any atom is 0.309 e. The van der Waals surface area contributed by atoms with E-state index in [0.29, 0.717) is 13.0 Å². The molecule has 0 bridgehead atoms. The van der Waals surface area contributed by atoms with Crippen molar-refractivity contribution in [2.45, 2.75) is 39.0 Å². The third-order valence-corrected chi connectivity index (χ3v) is 2.03. The number of rotatable bonds is 5. The van der Waals surface area contributed by atoms with Gasteiger partial charge in [0.25, 0.3) is 0 Å². The first-order valence-corrected chi connectivity index (χ1v) is 4.66. The number of hydrogen-bond donors (Lipinski definition) is 0. The largest absolute Gasteiger partial charge is 0.465 e. The van der Waals surface area contributed by atoms with Crippen molar-refractivity contribution in [2.24, 2.45) is 0 Å². The fraction of sp³-hybridized carbons (Fsp3) is 0.700. The molecule has 0 fully saturated rings. The highest BCUT2D eigenvalue weighted by atomic mass is 16.5. The van der Waals surface area contributed by atoms with Crippen molar-refractivity contribution in [2.75, 3.05) is 6.61 Å². The van der Waals surface area contributed by atoms with Gasteiger partial charge < -0.3 is 4.74 Å². The van der Waals surface area contributed by atoms with Crippen molar-refractivity contribution < 1.29 is 9.53 Å². The maximum atomic E-state index is 11.1. The van der Waals surface area contributed by atoms with Gasteiger partial charge in [0, 0.05) is 0 Å². The number of carbonyl (C=O) groups is 1. The van der Waals surface area contributed by atoms with E-state index in [1.165, 1.54) is 5.57 Å². The summed E-state index contributed by atoms with van der Waals surface area (Å²) in [5.41, 5.74) is 1.25. The number of hydrogen-bond acceptors (Lipinski definition) is 2. The van der Waals surface area contributed by atoms with Gasteiger partial charge >= 0.3 is 5.97 Å². The van der Waals surface area contributed by atoms with Gasteiger partial charge in [-0.25, -0.2) is 0 Å². The van der Waals surface area contributed by atoms with Gasteiger partial charge in [0.05, 0.1) is 13.0 Å². The van der Waals surface area contributed by atoms with Crippen LogP contribution in [0.15, 0.2) is 11.6 Å². The molecule has 0 saturated heterocycles. The van der Waals surface area contributed by atoms with Gasteiger partial charge in [-0.1, -0.05) is 25.0 Å². The summed E-state index contributed by atoms with van der Waals surface area (Å²) in [6.07, 6.45) is 6.91. The molecule has 0 aromatic heterocycles. The maximum absolute atomic E-state index is 11.1. The molecule has 0 heterocycles. The lowest BCUT2D eigenvalue weighted by Gasteiger charge is -2.13. The Hall–Kier alpha value is -0.790. The average Bonchev–Trinajstić information content (AvgIpc) is 1.98. The van der Waals surface area contributed by atoms with Crippen LogP contribution in [0.25, 0.3) is 0 Å². The number of unbranched alkanes of at least 4 members (excludes halogenated alkanes) is 1. The van der Waals surface area contributed by atoms with Crippen molar-refractivity contribution in [1.29, 1.82) is 0 Å². The van der Waals surface area contributed by atoms with Crippen LogP contribution < -0.4 is 0 Å². The molecule has 0 saturated carbocycles. The van der Waals surface area contributed by atoms with Crippen LogP contribution in [0.4, 0.5) is 0 Å². The van der Waals surface area contributed by atoms with Gasteiger partial charge in [-0.05, 0) is 19.3 Å². The standard InChI is InChI=1S/C10H16O2/c1-2-3-7-12-10(11)8-9-5-4-6-9/h5H,2-4,6-8H2,1H3. The molecule has 12 heavy (non-hydrogen) atoms. The summed E-state index contributed by atoms with van der Waals surface area (Å²) in [6, 6.07) is 0. The van der Waals surface area contributed by atoms with E-state index in [1.807, 2.05) is 0 Å². The van der Waals surface area contributed by atoms with Gasteiger partial charge in [0.2, 0.25) is 0 Å². The van der Waals surface area contributed by atoms with Crippen molar-refractivity contribution >= 4 is 5.97 Å². The van der Waals surface area contributed by atoms with Gasteiger partial charge in [-0.2, -0.15) is 0 Å². The third-order valence-electron chi connectivity index (χ3n) is 2.03. The van der Waals surface area contributed by atoms with Crippen LogP contribution in [0.5, 0.6) is 0 Å². The van der Waals surface area contributed by atoms with Crippen molar-refractivity contribution in [1.82, 2.24) is 0 Å². The Labute approximate surface area is 73.6 Å². The Kier molecular flexibility index (Phi) is 3.85. The topological polar surface area (TPSA) is 26.3 Å². The van der Waals surface area contributed by atoms with Crippen LogP contribution in [0, 0.1) is 0 Å². The van der Waals surface area contributed by atoms with Crippen molar-refractivity contribution in [3.05, 3.63) is 11.6 Å². The van der Waals surface area contributed by atoms with E-state index >= 15 is 0 Å². The van der Waals surface area contributed by atoms with Crippen molar-refractivity contribution in [3.63, 3.8) is 0 Å². The smallest absolute Gasteiger partial charge is 0.309 e. The first-order chi connectivity index (χ1) is 5.83. The number of allylic oxidation sites excluding steroid dienone is 1. The molecule has 2 nitrogen and oxygen atoms in total. The SMILES string of the molecule is CCCCOC(=O)CC1=CCC1. The molecule has 1 aliphatic rings. The van der Waals surface area contributed by atoms with E-state index < -0.39 is 0 Å². The normalized spacial score (nSPS) is 14.9. The second-order valence-corrected chi connectivity index (χ2v) is 3.15. The van der Waals surface area contributed by atoms with Crippen LogP contribution in [0.1, 0.15) is 39.0 Å². The lowest BCUT2D eigenvalue weighted by Crippen LogP contribution is -2.09. The lowest BCUT2D eigenvalue weighted by molar-refractivity contribution is -0.143. The van der Waals surface area contributed by atoms with Crippen molar-refractivity contribution in [3.8, 4) is 0 Å². The minimum absolute atomic E-state index is 0.0607. The molecule has 0 aromatic carbocycles. The molecule has 0 amide bonds. The minimum Gasteiger partial charge on any atom is -0.465 e. The van der Waals surface area contributed by atoms with Gasteiger partial charge in [0.1, 0.15) is 0 Å². The summed E-state index contributed by atoms with van der Waals surface area (Å²) >= 11 is 0. The number of carbonyl (C=O) groups excluding carboxylic acids is 1. The molecular formula is C10H16O2. The summed E-state index contributed by atoms with van der Waals surface area (Å²) in [7, 11) is 0. The Bertz CT molecular complexity index is 182. The quantitative estimate of drug-likeness (QED) is 0.358. The molecule has 0 aliphatic heterocycles. The van der Waals surface area contributed by atoms with Crippen LogP contribution in [0.2, 0.25) is 0 Å². The van der Waals surface area contributed by atoms with Crippen LogP contribution in [-0.4, -0.2) is 12.6 Å². The number of esters is 1. The first kappa shape index (κ1) is 9.30. The first-order valence-electron chi connectivity index (χ1n) is 4.66. The van der Waals surface area contributed by atoms with E-state index in [4.69, 9.17) is 4.74 Å². The highest BCUT2D eigenvalue weighted by Crippen LogP contribution is 2.21. The molecule has 0 atom stereocenters. The van der Waals surface area contributed by atoms with Crippen LogP contribution >= 0.6 is 0 Å². The highest BCUT2D eigenvalue weighted by molar-refractivity contribution is 5.72. The monoisotopic (exact) mass is 168 g/mol. The summed E-state index contributed by atoms with van der Waals surface area (Å²) in [6.45, 7) is 2.67. The summed E-state index contributed by atoms with van der Waals surface area (Å²) in [4.78, 5) is 11.1. The second kappa shape index (κ2) is 4.96. The highest BCUT2D eigenvalue weighted by Gasteiger charge is 2.11. The molecular weight excluding hydrogens is 152 g/mol. The van der Waals surface area contributed by atoms with E-state index in [1.54, 1.807) is 0 Å². The molecule has 1 aliphatic carbocycles. The average molecular weight is 168 g/mol. The Balaban J connectivity index is 2.03. The summed E-state index contributed by atoms with van der Waals surface area (Å²) in [5, 5.41) is 0. The van der Waals surface area contributed by atoms with Crippen LogP contribution in [-0.2, 0) is 9.53 Å². The molecule has 0 N–H and O–H groups in total. The zero-order chi connectivity index (χ0) is 8.81. The minimum atomic E-state index is -0.0607. The Morgan fingerprint density at radius 1 is 1.67 bits per heavy atom. The van der Waals surface area contributed by atoms with Crippen LogP contribution in [0.3, 0.4) is 0 Å². The zero-order valence-corrected chi connectivity index (χ0v) is 7.64.